The van der Waals surface area contributed by atoms with Gasteiger partial charge in [-0.25, -0.2) is 0 Å². The normalized spacial score (nSPS) is 27.5. The van der Waals surface area contributed by atoms with Crippen molar-refractivity contribution in [1.82, 2.24) is 10.2 Å². The van der Waals surface area contributed by atoms with Crippen molar-refractivity contribution in [2.45, 2.75) is 64.7 Å². The first-order valence-electron chi connectivity index (χ1n) is 8.32. The summed E-state index contributed by atoms with van der Waals surface area (Å²) in [7, 11) is 0. The molecule has 3 atom stereocenters. The smallest absolute Gasteiger partial charge is 0.226 e. The Kier molecular flexibility index (Phi) is 4.57. The first kappa shape index (κ1) is 14.9. The molecule has 0 saturated heterocycles. The van der Waals surface area contributed by atoms with Crippen molar-refractivity contribution in [2.24, 2.45) is 17.8 Å². The second-order valence-corrected chi connectivity index (χ2v) is 7.66. The second kappa shape index (κ2) is 6.42. The van der Waals surface area contributed by atoms with Gasteiger partial charge in [0.25, 0.3) is 0 Å². The van der Waals surface area contributed by atoms with Gasteiger partial charge < -0.3 is 5.32 Å². The molecule has 5 heteroatoms. The lowest BCUT2D eigenvalue weighted by Gasteiger charge is -2.20. The van der Waals surface area contributed by atoms with E-state index >= 15 is 0 Å². The molecular weight excluding hydrogens is 282 g/mol. The highest BCUT2D eigenvalue weighted by Crippen LogP contribution is 2.49. The molecule has 0 aliphatic heterocycles. The molecule has 3 rings (SSSR count). The number of carbonyl (C=O) groups is 1. The number of hydrogen-bond acceptors (Lipinski definition) is 4. The number of hydrogen-bond donors (Lipinski definition) is 1. The van der Waals surface area contributed by atoms with Crippen molar-refractivity contribution in [2.75, 3.05) is 5.32 Å². The molecule has 2 saturated carbocycles. The molecule has 2 aliphatic rings. The Balaban J connectivity index is 1.53. The van der Waals surface area contributed by atoms with Crippen LogP contribution in [0.5, 0.6) is 0 Å². The largest absolute Gasteiger partial charge is 0.301 e. The SMILES string of the molecule is CCC(CC)c1nnc(NC(=O)C[C@H]2C[C@@H]3CC[C@@H]2C3)s1. The van der Waals surface area contributed by atoms with Crippen molar-refractivity contribution < 1.29 is 4.79 Å². The Labute approximate surface area is 130 Å². The number of aromatic nitrogens is 2. The molecule has 0 radical (unpaired) electrons. The van der Waals surface area contributed by atoms with Gasteiger partial charge in [-0.3, -0.25) is 4.79 Å². The van der Waals surface area contributed by atoms with E-state index in [0.29, 0.717) is 23.4 Å². The molecule has 1 aromatic heterocycles. The van der Waals surface area contributed by atoms with E-state index in [0.717, 1.165) is 29.7 Å². The Morgan fingerprint density at radius 1 is 1.29 bits per heavy atom. The minimum absolute atomic E-state index is 0.125. The molecule has 2 fully saturated rings. The van der Waals surface area contributed by atoms with Gasteiger partial charge in [0.1, 0.15) is 5.01 Å². The molecule has 1 heterocycles. The number of anilines is 1. The highest BCUT2D eigenvalue weighted by atomic mass is 32.1. The van der Waals surface area contributed by atoms with Crippen LogP contribution in [0.25, 0.3) is 0 Å². The zero-order chi connectivity index (χ0) is 14.8. The summed E-state index contributed by atoms with van der Waals surface area (Å²) in [6, 6.07) is 0. The van der Waals surface area contributed by atoms with Crippen LogP contribution in [0.15, 0.2) is 0 Å². The molecule has 0 aromatic carbocycles. The van der Waals surface area contributed by atoms with E-state index in [9.17, 15) is 4.79 Å². The Hall–Kier alpha value is -0.970. The van der Waals surface area contributed by atoms with Crippen LogP contribution >= 0.6 is 11.3 Å². The summed E-state index contributed by atoms with van der Waals surface area (Å²) < 4.78 is 0. The van der Waals surface area contributed by atoms with Gasteiger partial charge in [0, 0.05) is 12.3 Å². The van der Waals surface area contributed by atoms with Crippen LogP contribution in [-0.2, 0) is 4.79 Å². The molecule has 0 unspecified atom stereocenters. The van der Waals surface area contributed by atoms with Gasteiger partial charge in [-0.2, -0.15) is 0 Å². The van der Waals surface area contributed by atoms with Crippen molar-refractivity contribution >= 4 is 22.4 Å². The summed E-state index contributed by atoms with van der Waals surface area (Å²) in [5.41, 5.74) is 0. The summed E-state index contributed by atoms with van der Waals surface area (Å²) in [5, 5.41) is 13.0. The van der Waals surface area contributed by atoms with Gasteiger partial charge in [-0.05, 0) is 49.9 Å². The zero-order valence-electron chi connectivity index (χ0n) is 13.0. The lowest BCUT2D eigenvalue weighted by molar-refractivity contribution is -0.117. The fourth-order valence-electron chi connectivity index (χ4n) is 4.12. The molecule has 4 nitrogen and oxygen atoms in total. The quantitative estimate of drug-likeness (QED) is 0.856. The number of amides is 1. The summed E-state index contributed by atoms with van der Waals surface area (Å²) in [6.45, 7) is 4.34. The molecule has 2 aliphatic carbocycles. The molecule has 21 heavy (non-hydrogen) atoms. The van der Waals surface area contributed by atoms with Gasteiger partial charge in [0.15, 0.2) is 0 Å². The van der Waals surface area contributed by atoms with Crippen molar-refractivity contribution in [1.29, 1.82) is 0 Å². The fourth-order valence-corrected chi connectivity index (χ4v) is 5.15. The first-order valence-corrected chi connectivity index (χ1v) is 9.14. The summed E-state index contributed by atoms with van der Waals surface area (Å²) in [4.78, 5) is 12.2. The van der Waals surface area contributed by atoms with Gasteiger partial charge in [0.05, 0.1) is 0 Å². The van der Waals surface area contributed by atoms with Crippen LogP contribution in [0.1, 0.15) is 69.7 Å². The maximum absolute atomic E-state index is 12.2. The number of fused-ring (bicyclic) bond motifs is 2. The average molecular weight is 307 g/mol. The zero-order valence-corrected chi connectivity index (χ0v) is 13.8. The predicted octanol–water partition coefficient (Wildman–Crippen LogP) is 4.21. The maximum atomic E-state index is 12.2. The lowest BCUT2D eigenvalue weighted by Crippen LogP contribution is -2.20. The molecule has 1 N–H and O–H groups in total. The Morgan fingerprint density at radius 2 is 2.10 bits per heavy atom. The Morgan fingerprint density at radius 3 is 2.71 bits per heavy atom. The minimum Gasteiger partial charge on any atom is -0.301 e. The van der Waals surface area contributed by atoms with E-state index in [1.165, 1.54) is 37.0 Å². The minimum atomic E-state index is 0.125. The highest BCUT2D eigenvalue weighted by molar-refractivity contribution is 7.15. The van der Waals surface area contributed by atoms with Crippen molar-refractivity contribution in [3.8, 4) is 0 Å². The standard InChI is InChI=1S/C16H25N3OS/c1-3-11(4-2)15-18-19-16(21-15)17-14(20)9-13-8-10-5-6-12(13)7-10/h10-13H,3-9H2,1-2H3,(H,17,19,20)/t10-,12-,13-/m1/s1. The highest BCUT2D eigenvalue weighted by Gasteiger charge is 2.40. The third kappa shape index (κ3) is 3.28. The predicted molar refractivity (Wildman–Crippen MR) is 85.4 cm³/mol. The second-order valence-electron chi connectivity index (χ2n) is 6.65. The number of carbonyl (C=O) groups excluding carboxylic acids is 1. The Bertz CT molecular complexity index is 497. The average Bonchev–Trinajstić information content (AvgIpc) is 3.17. The van der Waals surface area contributed by atoms with Crippen LogP contribution in [0.3, 0.4) is 0 Å². The van der Waals surface area contributed by atoms with Gasteiger partial charge in [0.2, 0.25) is 11.0 Å². The maximum Gasteiger partial charge on any atom is 0.226 e. The summed E-state index contributed by atoms with van der Waals surface area (Å²) in [5.74, 6) is 2.90. The molecular formula is C16H25N3OS. The van der Waals surface area contributed by atoms with E-state index in [4.69, 9.17) is 0 Å². The van der Waals surface area contributed by atoms with Crippen LogP contribution in [0.4, 0.5) is 5.13 Å². The third-order valence-corrected chi connectivity index (χ3v) is 6.36. The molecule has 116 valence electrons. The number of nitrogens with zero attached hydrogens (tertiary/aromatic N) is 2. The molecule has 0 spiro atoms. The van der Waals surface area contributed by atoms with Gasteiger partial charge in [-0.1, -0.05) is 31.6 Å². The monoisotopic (exact) mass is 307 g/mol. The van der Waals surface area contributed by atoms with Crippen LogP contribution in [0, 0.1) is 17.8 Å². The van der Waals surface area contributed by atoms with E-state index in [2.05, 4.69) is 29.4 Å². The van der Waals surface area contributed by atoms with E-state index in [-0.39, 0.29) is 5.91 Å². The third-order valence-electron chi connectivity index (χ3n) is 5.35. The summed E-state index contributed by atoms with van der Waals surface area (Å²) >= 11 is 1.54. The van der Waals surface area contributed by atoms with Crippen LogP contribution in [-0.4, -0.2) is 16.1 Å². The van der Waals surface area contributed by atoms with E-state index < -0.39 is 0 Å². The van der Waals surface area contributed by atoms with Crippen LogP contribution in [0.2, 0.25) is 0 Å². The van der Waals surface area contributed by atoms with E-state index in [1.54, 1.807) is 0 Å². The summed E-state index contributed by atoms with van der Waals surface area (Å²) in [6.07, 6.45) is 8.15. The fraction of sp³-hybridized carbons (Fsp3) is 0.812. The van der Waals surface area contributed by atoms with Gasteiger partial charge >= 0.3 is 0 Å². The topological polar surface area (TPSA) is 54.9 Å². The number of nitrogens with one attached hydrogen (secondary N) is 1. The van der Waals surface area contributed by atoms with Gasteiger partial charge in [-0.15, -0.1) is 10.2 Å². The molecule has 1 aromatic rings. The molecule has 2 bridgehead atoms. The first-order chi connectivity index (χ1) is 10.2. The molecule has 1 amide bonds. The van der Waals surface area contributed by atoms with E-state index in [1.807, 2.05) is 0 Å². The van der Waals surface area contributed by atoms with Crippen molar-refractivity contribution in [3.63, 3.8) is 0 Å². The lowest BCUT2D eigenvalue weighted by atomic mass is 9.86. The van der Waals surface area contributed by atoms with Crippen molar-refractivity contribution in [3.05, 3.63) is 5.01 Å². The number of rotatable bonds is 6. The van der Waals surface area contributed by atoms with Crippen LogP contribution < -0.4 is 5.32 Å².